The van der Waals surface area contributed by atoms with E-state index in [2.05, 4.69) is 45.0 Å². The molecule has 1 aliphatic rings. The number of aromatic nitrogens is 2. The first kappa shape index (κ1) is 14.8. The molecule has 1 saturated carbocycles. The summed E-state index contributed by atoms with van der Waals surface area (Å²) in [6.07, 6.45) is 14.3. The van der Waals surface area contributed by atoms with Gasteiger partial charge >= 0.3 is 27.5 Å². The van der Waals surface area contributed by atoms with E-state index in [0.29, 0.717) is 6.04 Å². The first-order valence-corrected chi connectivity index (χ1v) is 9.52. The van der Waals surface area contributed by atoms with E-state index < -0.39 is 0 Å². The second-order valence-electron chi connectivity index (χ2n) is 4.72. The average Bonchev–Trinajstić information content (AvgIpc) is 3.01. The number of rotatable bonds is 2. The van der Waals surface area contributed by atoms with Crippen molar-refractivity contribution in [2.24, 2.45) is 0 Å². The molecule has 1 fully saturated rings. The van der Waals surface area contributed by atoms with Crippen molar-refractivity contribution >= 4 is 9.58 Å². The summed E-state index contributed by atoms with van der Waals surface area (Å²) in [5.74, 6) is 0. The molecular formula is C15H17ClIrN2+. The van der Waals surface area contributed by atoms with Gasteiger partial charge < -0.3 is 9.13 Å². The van der Waals surface area contributed by atoms with Gasteiger partial charge in [-0.25, -0.2) is 0 Å². The van der Waals surface area contributed by atoms with Crippen LogP contribution in [0, 0.1) is 12.4 Å². The molecule has 0 N–H and O–H groups in total. The minimum atomic E-state index is 0.647. The second kappa shape index (κ2) is 7.84. The van der Waals surface area contributed by atoms with Gasteiger partial charge in [0, 0.05) is 12.4 Å². The van der Waals surface area contributed by atoms with Gasteiger partial charge in [-0.05, 0) is 25.7 Å². The van der Waals surface area contributed by atoms with Crippen LogP contribution >= 0.6 is 9.58 Å². The molecule has 4 heteroatoms. The van der Waals surface area contributed by atoms with Gasteiger partial charge in [0.25, 0.3) is 0 Å². The first-order chi connectivity index (χ1) is 9.43. The van der Waals surface area contributed by atoms with Gasteiger partial charge in [-0.2, -0.15) is 30.3 Å². The van der Waals surface area contributed by atoms with Crippen LogP contribution in [0.1, 0.15) is 38.1 Å². The van der Waals surface area contributed by atoms with E-state index >= 15 is 0 Å². The summed E-state index contributed by atoms with van der Waals surface area (Å²) in [7, 11) is 4.64. The van der Waals surface area contributed by atoms with Gasteiger partial charge in [0.05, 0.1) is 6.04 Å². The van der Waals surface area contributed by atoms with Crippen LogP contribution in [-0.4, -0.2) is 4.57 Å². The van der Waals surface area contributed by atoms with Crippen molar-refractivity contribution in [3.05, 3.63) is 49.1 Å². The molecule has 0 saturated heterocycles. The predicted molar refractivity (Wildman–Crippen MR) is 71.6 cm³/mol. The standard InChI is InChI=1S/C15H17N2.ClH.Ir/c1-3-7-14(8-4-1)16-11-12-17(13-16)15-9-5-2-6-10-15;;/h1,3-4,7,11-12,15H,2,5-6,9-10H2;1H;/q-1;;+3/p-1. The van der Waals surface area contributed by atoms with Crippen molar-refractivity contribution < 1.29 is 22.5 Å². The molecule has 1 aromatic carbocycles. The van der Waals surface area contributed by atoms with Gasteiger partial charge in [0.15, 0.2) is 0 Å². The zero-order valence-electron chi connectivity index (χ0n) is 10.7. The third-order valence-corrected chi connectivity index (χ3v) is 3.52. The largest absolute Gasteiger partial charge is 0.348 e. The van der Waals surface area contributed by atoms with E-state index in [4.69, 9.17) is 0 Å². The molecule has 0 aliphatic heterocycles. The summed E-state index contributed by atoms with van der Waals surface area (Å²) in [6, 6.07) is 11.9. The Kier molecular flexibility index (Phi) is 6.09. The van der Waals surface area contributed by atoms with Crippen LogP contribution in [0.3, 0.4) is 0 Å². The number of halogens is 1. The van der Waals surface area contributed by atoms with Crippen LogP contribution in [-0.2, 0) is 17.9 Å². The quantitative estimate of drug-likeness (QED) is 0.486. The number of para-hydroxylation sites is 1. The Hall–Kier alpha value is -0.631. The zero-order valence-corrected chi connectivity index (χ0v) is 13.8. The molecule has 102 valence electrons. The maximum Gasteiger partial charge on any atom is 0.241 e. The first-order valence-electron chi connectivity index (χ1n) is 6.55. The number of benzene rings is 1. The molecule has 19 heavy (non-hydrogen) atoms. The molecule has 2 aromatic rings. The van der Waals surface area contributed by atoms with Gasteiger partial charge in [0.1, 0.15) is 0 Å². The molecule has 0 amide bonds. The molecular weight excluding hydrogens is 436 g/mol. The van der Waals surface area contributed by atoms with Crippen molar-refractivity contribution in [3.63, 3.8) is 0 Å². The third-order valence-electron chi connectivity index (χ3n) is 3.52. The molecule has 0 unspecified atom stereocenters. The van der Waals surface area contributed by atoms with E-state index in [1.54, 1.807) is 0 Å². The molecule has 0 atom stereocenters. The van der Waals surface area contributed by atoms with Crippen LogP contribution in [0.5, 0.6) is 0 Å². The third kappa shape index (κ3) is 3.92. The van der Waals surface area contributed by atoms with E-state index in [1.807, 2.05) is 22.8 Å². The molecule has 0 bridgehead atoms. The van der Waals surface area contributed by atoms with Gasteiger partial charge in [-0.3, -0.25) is 0 Å². The topological polar surface area (TPSA) is 8.81 Å². The molecule has 1 heterocycles. The van der Waals surface area contributed by atoms with E-state index in [0.717, 1.165) is 5.69 Å². The van der Waals surface area contributed by atoms with Gasteiger partial charge in [-0.15, -0.1) is 0 Å². The fraction of sp³-hybridized carbons (Fsp3) is 0.400. The van der Waals surface area contributed by atoms with E-state index in [-0.39, 0.29) is 0 Å². The van der Waals surface area contributed by atoms with Crippen LogP contribution < -0.4 is 4.57 Å². The van der Waals surface area contributed by atoms with Crippen LogP contribution in [0.2, 0.25) is 0 Å². The Morgan fingerprint density at radius 3 is 2.68 bits per heavy atom. The summed E-state index contributed by atoms with van der Waals surface area (Å²) in [5, 5.41) is 0. The van der Waals surface area contributed by atoms with E-state index in [9.17, 15) is 0 Å². The van der Waals surface area contributed by atoms with Crippen molar-refractivity contribution in [1.82, 2.24) is 4.57 Å². The summed E-state index contributed by atoms with van der Waals surface area (Å²) < 4.78 is 4.26. The number of nitrogens with zero attached hydrogens (tertiary/aromatic N) is 2. The fourth-order valence-corrected chi connectivity index (χ4v) is 2.56. The van der Waals surface area contributed by atoms with Crippen molar-refractivity contribution in [3.8, 4) is 5.69 Å². The van der Waals surface area contributed by atoms with Gasteiger partial charge in [-0.1, -0.05) is 12.1 Å². The molecule has 3 rings (SSSR count). The average molecular weight is 453 g/mol. The minimum absolute atomic E-state index is 0.647. The summed E-state index contributed by atoms with van der Waals surface area (Å²) >= 11 is 1.47. The fourth-order valence-electron chi connectivity index (χ4n) is 2.56. The molecule has 1 aliphatic carbocycles. The molecule has 2 nitrogen and oxygen atoms in total. The summed E-state index contributed by atoms with van der Waals surface area (Å²) in [6.45, 7) is 0. The van der Waals surface area contributed by atoms with Crippen molar-refractivity contribution in [2.45, 2.75) is 38.1 Å². The maximum atomic E-state index is 4.64. The molecule has 0 radical (unpaired) electrons. The number of imidazole rings is 1. The van der Waals surface area contributed by atoms with Crippen molar-refractivity contribution in [1.29, 1.82) is 0 Å². The minimum Gasteiger partial charge on any atom is -0.348 e. The number of hydrogen-bond acceptors (Lipinski definition) is 0. The maximum absolute atomic E-state index is 4.64. The summed E-state index contributed by atoms with van der Waals surface area (Å²) in [4.78, 5) is 0. The monoisotopic (exact) mass is 453 g/mol. The Labute approximate surface area is 129 Å². The molecule has 1 aromatic heterocycles. The Morgan fingerprint density at radius 1 is 1.21 bits per heavy atom. The number of hydrogen-bond donors (Lipinski definition) is 0. The van der Waals surface area contributed by atoms with Crippen molar-refractivity contribution in [2.75, 3.05) is 0 Å². The van der Waals surface area contributed by atoms with Crippen LogP contribution in [0.15, 0.2) is 36.7 Å². The Morgan fingerprint density at radius 2 is 2.00 bits per heavy atom. The van der Waals surface area contributed by atoms with Crippen LogP contribution in [0.25, 0.3) is 5.69 Å². The SMILES string of the molecule is [Cl][Ir+2].[c-]1ccccc1-n1[c-][n+](C2CCCCC2)cc1. The predicted octanol–water partition coefficient (Wildman–Crippen LogP) is 3.56. The second-order valence-corrected chi connectivity index (χ2v) is 4.72. The Bertz CT molecular complexity index is 478. The normalized spacial score (nSPS) is 15.7. The summed E-state index contributed by atoms with van der Waals surface area (Å²) in [5.41, 5.74) is 1.06. The zero-order chi connectivity index (χ0) is 13.5. The Balaban J connectivity index is 0.000000637. The van der Waals surface area contributed by atoms with Gasteiger partial charge in [0.2, 0.25) is 6.33 Å². The molecule has 0 spiro atoms. The van der Waals surface area contributed by atoms with E-state index in [1.165, 1.54) is 50.0 Å². The van der Waals surface area contributed by atoms with Crippen LogP contribution in [0.4, 0.5) is 0 Å². The smallest absolute Gasteiger partial charge is 0.241 e.